The lowest BCUT2D eigenvalue weighted by molar-refractivity contribution is -0.137. The molecule has 4 N–H and O–H groups in total. The summed E-state index contributed by atoms with van der Waals surface area (Å²) in [6, 6.07) is 3.98. The van der Waals surface area contributed by atoms with E-state index in [-0.39, 0.29) is 11.6 Å². The fourth-order valence-electron chi connectivity index (χ4n) is 2.55. The minimum absolute atomic E-state index is 0.00143. The van der Waals surface area contributed by atoms with Gasteiger partial charge < -0.3 is 15.6 Å². The molecule has 0 aliphatic rings. The van der Waals surface area contributed by atoms with Gasteiger partial charge in [-0.25, -0.2) is 14.8 Å². The van der Waals surface area contributed by atoms with Gasteiger partial charge in [0.05, 0.1) is 16.9 Å². The van der Waals surface area contributed by atoms with Crippen LogP contribution >= 0.6 is 11.6 Å². The number of aromatic nitrogens is 4. The van der Waals surface area contributed by atoms with Gasteiger partial charge in [0, 0.05) is 42.3 Å². The van der Waals surface area contributed by atoms with Crippen LogP contribution in [0.2, 0.25) is 5.02 Å². The average molecular weight is 440 g/mol. The number of aromatic amines is 1. The first-order chi connectivity index (χ1) is 14.2. The summed E-state index contributed by atoms with van der Waals surface area (Å²) in [5.41, 5.74) is 0.426. The Labute approximate surface area is 174 Å². The maximum atomic E-state index is 12.9. The Kier molecular flexibility index (Phi) is 6.40. The number of benzene rings is 1. The molecule has 8 nitrogen and oxygen atoms in total. The third-order valence-electron chi connectivity index (χ3n) is 3.86. The summed E-state index contributed by atoms with van der Waals surface area (Å²) in [6.45, 7) is 2.29. The number of alkyl halides is 3. The SMILES string of the molecule is Cc1cc(NCCc2cnc[nH]2)nc(NC(=O)Nc2ccc(Cl)c(C(F)(F)F)c2)n1. The number of nitrogens with zero attached hydrogens (tertiary/aromatic N) is 3. The molecule has 2 aromatic heterocycles. The number of carbonyl (C=O) groups is 1. The second-order valence-corrected chi connectivity index (χ2v) is 6.65. The quantitative estimate of drug-likeness (QED) is 0.453. The van der Waals surface area contributed by atoms with Crippen molar-refractivity contribution < 1.29 is 18.0 Å². The van der Waals surface area contributed by atoms with E-state index in [2.05, 4.69) is 35.9 Å². The van der Waals surface area contributed by atoms with Crippen molar-refractivity contribution in [2.75, 3.05) is 22.5 Å². The monoisotopic (exact) mass is 439 g/mol. The summed E-state index contributed by atoms with van der Waals surface area (Å²) in [5.74, 6) is 0.490. The Balaban J connectivity index is 1.63. The van der Waals surface area contributed by atoms with E-state index in [0.717, 1.165) is 17.8 Å². The zero-order valence-electron chi connectivity index (χ0n) is 15.6. The van der Waals surface area contributed by atoms with Gasteiger partial charge in [-0.05, 0) is 25.1 Å². The molecule has 3 rings (SSSR count). The van der Waals surface area contributed by atoms with Crippen molar-refractivity contribution >= 4 is 35.1 Å². The van der Waals surface area contributed by atoms with E-state index >= 15 is 0 Å². The van der Waals surface area contributed by atoms with Crippen molar-refractivity contribution in [3.8, 4) is 0 Å². The molecule has 3 aromatic rings. The minimum Gasteiger partial charge on any atom is -0.370 e. The number of urea groups is 1. The maximum absolute atomic E-state index is 12.9. The number of rotatable bonds is 6. The topological polar surface area (TPSA) is 108 Å². The van der Waals surface area contributed by atoms with Crippen molar-refractivity contribution in [3.05, 3.63) is 58.8 Å². The van der Waals surface area contributed by atoms with Crippen LogP contribution in [0.4, 0.5) is 35.4 Å². The number of aryl methyl sites for hydroxylation is 1. The fraction of sp³-hybridized carbons (Fsp3) is 0.222. The molecule has 0 saturated heterocycles. The van der Waals surface area contributed by atoms with Crippen LogP contribution in [0.3, 0.4) is 0 Å². The first-order valence-electron chi connectivity index (χ1n) is 8.72. The van der Waals surface area contributed by atoms with Crippen LogP contribution in [0.25, 0.3) is 0 Å². The van der Waals surface area contributed by atoms with Crippen molar-refractivity contribution in [1.82, 2.24) is 19.9 Å². The van der Waals surface area contributed by atoms with E-state index < -0.39 is 22.8 Å². The number of hydrogen-bond donors (Lipinski definition) is 4. The largest absolute Gasteiger partial charge is 0.417 e. The lowest BCUT2D eigenvalue weighted by Gasteiger charge is -2.12. The van der Waals surface area contributed by atoms with Gasteiger partial charge in [0.25, 0.3) is 0 Å². The van der Waals surface area contributed by atoms with Crippen LogP contribution < -0.4 is 16.0 Å². The van der Waals surface area contributed by atoms with E-state index in [1.165, 1.54) is 6.07 Å². The normalized spacial score (nSPS) is 11.2. The molecule has 0 aliphatic heterocycles. The number of H-pyrrole nitrogens is 1. The van der Waals surface area contributed by atoms with Gasteiger partial charge in [-0.3, -0.25) is 5.32 Å². The molecule has 0 fully saturated rings. The third-order valence-corrected chi connectivity index (χ3v) is 4.19. The van der Waals surface area contributed by atoms with Gasteiger partial charge >= 0.3 is 12.2 Å². The number of hydrogen-bond acceptors (Lipinski definition) is 5. The highest BCUT2D eigenvalue weighted by molar-refractivity contribution is 6.31. The zero-order chi connectivity index (χ0) is 21.7. The molecule has 0 radical (unpaired) electrons. The number of imidazole rings is 1. The Morgan fingerprint density at radius 2 is 2.00 bits per heavy atom. The van der Waals surface area contributed by atoms with Gasteiger partial charge in [-0.2, -0.15) is 18.2 Å². The van der Waals surface area contributed by atoms with Gasteiger partial charge in [0.1, 0.15) is 5.82 Å². The first-order valence-corrected chi connectivity index (χ1v) is 9.10. The Hall–Kier alpha value is -3.34. The van der Waals surface area contributed by atoms with E-state index in [9.17, 15) is 18.0 Å². The van der Waals surface area contributed by atoms with Crippen LogP contribution in [0.1, 0.15) is 17.0 Å². The molecule has 0 bridgehead atoms. The van der Waals surface area contributed by atoms with E-state index in [1.54, 1.807) is 25.5 Å². The summed E-state index contributed by atoms with van der Waals surface area (Å²) >= 11 is 5.58. The van der Waals surface area contributed by atoms with Crippen LogP contribution in [0.15, 0.2) is 36.8 Å². The number of carbonyl (C=O) groups excluding carboxylic acids is 1. The van der Waals surface area contributed by atoms with Gasteiger partial charge in [0.2, 0.25) is 5.95 Å². The minimum atomic E-state index is -4.64. The highest BCUT2D eigenvalue weighted by atomic mass is 35.5. The summed E-state index contributed by atoms with van der Waals surface area (Å²) in [4.78, 5) is 27.4. The van der Waals surface area contributed by atoms with E-state index in [4.69, 9.17) is 11.6 Å². The smallest absolute Gasteiger partial charge is 0.370 e. The van der Waals surface area contributed by atoms with E-state index in [1.807, 2.05) is 0 Å². The molecule has 158 valence electrons. The molecule has 0 spiro atoms. The highest BCUT2D eigenvalue weighted by Crippen LogP contribution is 2.36. The van der Waals surface area contributed by atoms with Gasteiger partial charge in [0.15, 0.2) is 0 Å². The number of halogens is 4. The molecular weight excluding hydrogens is 423 g/mol. The summed E-state index contributed by atoms with van der Waals surface area (Å²) in [5, 5.41) is 7.37. The number of nitrogens with one attached hydrogen (secondary N) is 4. The molecular formula is C18H17ClF3N7O. The van der Waals surface area contributed by atoms with Crippen LogP contribution in [0.5, 0.6) is 0 Å². The van der Waals surface area contributed by atoms with Crippen molar-refractivity contribution in [3.63, 3.8) is 0 Å². The van der Waals surface area contributed by atoms with Crippen molar-refractivity contribution in [1.29, 1.82) is 0 Å². The summed E-state index contributed by atoms with van der Waals surface area (Å²) < 4.78 is 38.8. The molecule has 0 saturated carbocycles. The van der Waals surface area contributed by atoms with Crippen LogP contribution in [-0.2, 0) is 12.6 Å². The predicted octanol–water partition coefficient (Wildman–Crippen LogP) is 4.48. The molecule has 0 unspecified atom stereocenters. The Bertz CT molecular complexity index is 1030. The number of anilines is 3. The second-order valence-electron chi connectivity index (χ2n) is 6.24. The Morgan fingerprint density at radius 1 is 1.20 bits per heavy atom. The van der Waals surface area contributed by atoms with Gasteiger partial charge in [-0.1, -0.05) is 11.6 Å². The second kappa shape index (κ2) is 8.99. The summed E-state index contributed by atoms with van der Waals surface area (Å²) in [6.07, 6.45) is -0.652. The van der Waals surface area contributed by atoms with Crippen LogP contribution in [0, 0.1) is 6.92 Å². The van der Waals surface area contributed by atoms with Crippen molar-refractivity contribution in [2.45, 2.75) is 19.5 Å². The first kappa shape index (κ1) is 21.4. The highest BCUT2D eigenvalue weighted by Gasteiger charge is 2.33. The summed E-state index contributed by atoms with van der Waals surface area (Å²) in [7, 11) is 0. The van der Waals surface area contributed by atoms with E-state index in [0.29, 0.717) is 24.5 Å². The molecule has 0 aliphatic carbocycles. The molecule has 30 heavy (non-hydrogen) atoms. The van der Waals surface area contributed by atoms with Crippen LogP contribution in [-0.4, -0.2) is 32.5 Å². The number of amides is 2. The van der Waals surface area contributed by atoms with Crippen molar-refractivity contribution in [2.24, 2.45) is 0 Å². The van der Waals surface area contributed by atoms with Gasteiger partial charge in [-0.15, -0.1) is 0 Å². The standard InChI is InChI=1S/C18H17ClF3N7O/c1-10-6-15(24-5-4-12-8-23-9-25-12)28-16(26-10)29-17(30)27-11-2-3-14(19)13(7-11)18(20,21)22/h2-3,6-9H,4-5H2,1H3,(H,23,25)(H3,24,26,27,28,29,30). The molecule has 2 heterocycles. The lowest BCUT2D eigenvalue weighted by Crippen LogP contribution is -2.22. The Morgan fingerprint density at radius 3 is 2.70 bits per heavy atom. The average Bonchev–Trinajstić information content (AvgIpc) is 3.15. The molecule has 1 aromatic carbocycles. The maximum Gasteiger partial charge on any atom is 0.417 e. The third kappa shape index (κ3) is 5.83. The zero-order valence-corrected chi connectivity index (χ0v) is 16.4. The predicted molar refractivity (Wildman–Crippen MR) is 107 cm³/mol. The fourth-order valence-corrected chi connectivity index (χ4v) is 2.77. The molecule has 2 amide bonds. The lowest BCUT2D eigenvalue weighted by atomic mass is 10.2. The molecule has 12 heteroatoms. The molecule has 0 atom stereocenters.